The van der Waals surface area contributed by atoms with Gasteiger partial charge < -0.3 is 15.2 Å². The van der Waals surface area contributed by atoms with E-state index in [4.69, 9.17) is 4.74 Å². The van der Waals surface area contributed by atoms with Crippen LogP contribution in [0.2, 0.25) is 0 Å². The number of likely N-dealkylation sites (N-methyl/N-ethyl adjacent to an activating group) is 1. The molecule has 0 aliphatic rings. The van der Waals surface area contributed by atoms with Crippen molar-refractivity contribution in [3.8, 4) is 0 Å². The summed E-state index contributed by atoms with van der Waals surface area (Å²) in [5.74, 6) is 0.471. The molecule has 118 valence electrons. The highest BCUT2D eigenvalue weighted by Crippen LogP contribution is 2.15. The minimum absolute atomic E-state index is 0.0588. The van der Waals surface area contributed by atoms with Crippen LogP contribution in [0.5, 0.6) is 0 Å². The SMILES string of the molecule is C=C(O)[C@H](C(C)C)N(C)CCCNC(=O)OC(C)(C)C. The molecule has 0 aromatic rings. The maximum absolute atomic E-state index is 11.5. The minimum atomic E-state index is -0.474. The molecule has 0 radical (unpaired) electrons. The van der Waals surface area contributed by atoms with Crippen molar-refractivity contribution < 1.29 is 14.6 Å². The summed E-state index contributed by atoms with van der Waals surface area (Å²) in [4.78, 5) is 13.5. The molecule has 0 aromatic heterocycles. The monoisotopic (exact) mass is 286 g/mol. The van der Waals surface area contributed by atoms with E-state index in [1.807, 2.05) is 46.6 Å². The lowest BCUT2D eigenvalue weighted by molar-refractivity contribution is 0.0524. The van der Waals surface area contributed by atoms with Gasteiger partial charge in [-0.2, -0.15) is 0 Å². The maximum atomic E-state index is 11.5. The lowest BCUT2D eigenvalue weighted by atomic mass is 10.0. The molecular weight excluding hydrogens is 256 g/mol. The average molecular weight is 286 g/mol. The van der Waals surface area contributed by atoms with E-state index in [-0.39, 0.29) is 17.7 Å². The third-order valence-electron chi connectivity index (χ3n) is 2.80. The minimum Gasteiger partial charge on any atom is -0.511 e. The number of hydrogen-bond donors (Lipinski definition) is 2. The van der Waals surface area contributed by atoms with Crippen LogP contribution in [-0.4, -0.2) is 47.9 Å². The number of nitrogens with zero attached hydrogens (tertiary/aromatic N) is 1. The normalized spacial score (nSPS) is 13.4. The molecule has 1 atom stereocenters. The highest BCUT2D eigenvalue weighted by Gasteiger charge is 2.21. The third kappa shape index (κ3) is 8.04. The molecule has 0 saturated heterocycles. The predicted octanol–water partition coefficient (Wildman–Crippen LogP) is 2.93. The summed E-state index contributed by atoms with van der Waals surface area (Å²) >= 11 is 0. The van der Waals surface area contributed by atoms with Gasteiger partial charge in [-0.3, -0.25) is 4.90 Å². The van der Waals surface area contributed by atoms with Gasteiger partial charge in [0.2, 0.25) is 0 Å². The number of rotatable bonds is 7. The van der Waals surface area contributed by atoms with Gasteiger partial charge in [0.25, 0.3) is 0 Å². The van der Waals surface area contributed by atoms with Crippen LogP contribution in [0, 0.1) is 5.92 Å². The van der Waals surface area contributed by atoms with Crippen LogP contribution in [0.15, 0.2) is 12.3 Å². The molecule has 20 heavy (non-hydrogen) atoms. The van der Waals surface area contributed by atoms with Gasteiger partial charge in [-0.15, -0.1) is 0 Å². The number of ether oxygens (including phenoxy) is 1. The highest BCUT2D eigenvalue weighted by atomic mass is 16.6. The van der Waals surface area contributed by atoms with Crippen LogP contribution in [-0.2, 0) is 4.74 Å². The van der Waals surface area contributed by atoms with Gasteiger partial charge in [0.15, 0.2) is 0 Å². The van der Waals surface area contributed by atoms with Gasteiger partial charge in [-0.25, -0.2) is 4.79 Å². The number of nitrogens with one attached hydrogen (secondary N) is 1. The zero-order valence-corrected chi connectivity index (χ0v) is 13.7. The smallest absolute Gasteiger partial charge is 0.407 e. The summed E-state index contributed by atoms with van der Waals surface area (Å²) in [6.07, 6.45) is 0.388. The van der Waals surface area contributed by atoms with Crippen molar-refractivity contribution in [3.63, 3.8) is 0 Å². The largest absolute Gasteiger partial charge is 0.511 e. The third-order valence-corrected chi connectivity index (χ3v) is 2.80. The average Bonchev–Trinajstić information content (AvgIpc) is 2.20. The molecule has 0 heterocycles. The van der Waals surface area contributed by atoms with E-state index in [9.17, 15) is 9.90 Å². The van der Waals surface area contributed by atoms with Gasteiger partial charge in [-0.05, 0) is 40.2 Å². The summed E-state index contributed by atoms with van der Waals surface area (Å²) in [5, 5.41) is 12.3. The zero-order chi connectivity index (χ0) is 15.9. The summed E-state index contributed by atoms with van der Waals surface area (Å²) in [7, 11) is 1.94. The van der Waals surface area contributed by atoms with E-state index in [1.54, 1.807) is 0 Å². The Kier molecular flexibility index (Phi) is 7.64. The molecule has 0 bridgehead atoms. The number of aliphatic hydroxyl groups excluding tert-OH is 1. The first-order chi connectivity index (χ1) is 9.04. The summed E-state index contributed by atoms with van der Waals surface area (Å²) in [5.41, 5.74) is -0.474. The van der Waals surface area contributed by atoms with Gasteiger partial charge >= 0.3 is 6.09 Å². The van der Waals surface area contributed by atoms with Crippen molar-refractivity contribution in [2.75, 3.05) is 20.1 Å². The van der Waals surface area contributed by atoms with Crippen molar-refractivity contribution in [2.45, 2.75) is 52.7 Å². The van der Waals surface area contributed by atoms with E-state index in [2.05, 4.69) is 11.9 Å². The Morgan fingerprint density at radius 2 is 1.95 bits per heavy atom. The van der Waals surface area contributed by atoms with Crippen LogP contribution >= 0.6 is 0 Å². The molecule has 0 aromatic carbocycles. The molecule has 0 fully saturated rings. The fourth-order valence-electron chi connectivity index (χ4n) is 2.12. The maximum Gasteiger partial charge on any atom is 0.407 e. The Morgan fingerprint density at radius 3 is 2.35 bits per heavy atom. The first kappa shape index (κ1) is 18.8. The molecular formula is C15H30N2O3. The highest BCUT2D eigenvalue weighted by molar-refractivity contribution is 5.67. The lowest BCUT2D eigenvalue weighted by Gasteiger charge is -2.30. The molecule has 0 aliphatic carbocycles. The van der Waals surface area contributed by atoms with Crippen molar-refractivity contribution >= 4 is 6.09 Å². The Bertz CT molecular complexity index is 322. The number of carbonyl (C=O) groups excluding carboxylic acids is 1. The Hall–Kier alpha value is -1.23. The van der Waals surface area contributed by atoms with Crippen molar-refractivity contribution in [3.05, 3.63) is 12.3 Å². The fourth-order valence-corrected chi connectivity index (χ4v) is 2.12. The van der Waals surface area contributed by atoms with E-state index in [0.29, 0.717) is 6.54 Å². The van der Waals surface area contributed by atoms with Crippen LogP contribution in [0.4, 0.5) is 4.79 Å². The van der Waals surface area contributed by atoms with Crippen LogP contribution in [0.25, 0.3) is 0 Å². The molecule has 0 spiro atoms. The second-order valence-electron chi connectivity index (χ2n) is 6.44. The number of alkyl carbamates (subject to hydrolysis) is 1. The lowest BCUT2D eigenvalue weighted by Crippen LogP contribution is -2.39. The molecule has 5 nitrogen and oxygen atoms in total. The van der Waals surface area contributed by atoms with E-state index >= 15 is 0 Å². The van der Waals surface area contributed by atoms with Crippen molar-refractivity contribution in [1.82, 2.24) is 10.2 Å². The molecule has 2 N–H and O–H groups in total. The topological polar surface area (TPSA) is 61.8 Å². The number of aliphatic hydroxyl groups is 1. The van der Waals surface area contributed by atoms with Gasteiger partial charge in [0, 0.05) is 13.1 Å². The second kappa shape index (κ2) is 8.15. The summed E-state index contributed by atoms with van der Waals surface area (Å²) in [6, 6.07) is -0.0588. The molecule has 5 heteroatoms. The van der Waals surface area contributed by atoms with E-state index in [1.165, 1.54) is 0 Å². The summed E-state index contributed by atoms with van der Waals surface area (Å²) in [6.45, 7) is 14.5. The number of hydrogen-bond acceptors (Lipinski definition) is 4. The van der Waals surface area contributed by atoms with Crippen LogP contribution in [0.1, 0.15) is 41.0 Å². The van der Waals surface area contributed by atoms with Gasteiger partial charge in [0.05, 0.1) is 6.04 Å². The molecule has 0 unspecified atom stereocenters. The Morgan fingerprint density at radius 1 is 1.40 bits per heavy atom. The quantitative estimate of drug-likeness (QED) is 0.558. The van der Waals surface area contributed by atoms with Gasteiger partial charge in [-0.1, -0.05) is 20.4 Å². The van der Waals surface area contributed by atoms with Crippen molar-refractivity contribution in [2.24, 2.45) is 5.92 Å². The number of amides is 1. The zero-order valence-electron chi connectivity index (χ0n) is 13.7. The van der Waals surface area contributed by atoms with E-state index < -0.39 is 11.7 Å². The Balaban J connectivity index is 4.00. The Labute approximate surface area is 123 Å². The molecule has 0 aliphatic heterocycles. The first-order valence-electron chi connectivity index (χ1n) is 7.09. The summed E-state index contributed by atoms with van der Waals surface area (Å²) < 4.78 is 5.15. The van der Waals surface area contributed by atoms with E-state index in [0.717, 1.165) is 13.0 Å². The predicted molar refractivity (Wildman–Crippen MR) is 81.9 cm³/mol. The van der Waals surface area contributed by atoms with Gasteiger partial charge in [0.1, 0.15) is 11.4 Å². The standard InChI is InChI=1S/C15H30N2O3/c1-11(2)13(12(3)18)17(7)10-8-9-16-14(19)20-15(4,5)6/h11,13,18H,3,8-10H2,1-2,4-7H3,(H,16,19)/t13-/m0/s1. The fraction of sp³-hybridized carbons (Fsp3) is 0.800. The number of carbonyl (C=O) groups is 1. The van der Waals surface area contributed by atoms with Crippen molar-refractivity contribution in [1.29, 1.82) is 0 Å². The first-order valence-corrected chi connectivity index (χ1v) is 7.09. The van der Waals surface area contributed by atoms with Crippen LogP contribution < -0.4 is 5.32 Å². The molecule has 0 rings (SSSR count). The second-order valence-corrected chi connectivity index (χ2v) is 6.44. The molecule has 1 amide bonds. The van der Waals surface area contributed by atoms with Crippen LogP contribution in [0.3, 0.4) is 0 Å². The molecule has 0 saturated carbocycles.